The number of hydrogen-bond donors (Lipinski definition) is 2. The summed E-state index contributed by atoms with van der Waals surface area (Å²) >= 11 is 18.0. The molecule has 0 unspecified atom stereocenters. The maximum atomic E-state index is 15.1. The van der Waals surface area contributed by atoms with Crippen LogP contribution < -0.4 is 10.6 Å². The SMILES string of the molecule is CC(C)[C@H](CC(=O)[C@H](Cc1ccc(Cl)cc1)NC(=O)CCc1ccc(Cl)c(Cl)c1)C(=O)C(F)(F)C(=O)NCCc1ccccc1. The molecule has 11 heteroatoms. The van der Waals surface area contributed by atoms with E-state index in [9.17, 15) is 19.2 Å². The molecule has 0 saturated carbocycles. The van der Waals surface area contributed by atoms with E-state index in [0.717, 1.165) is 11.1 Å². The van der Waals surface area contributed by atoms with Gasteiger partial charge in [0.2, 0.25) is 11.7 Å². The van der Waals surface area contributed by atoms with Gasteiger partial charge in [-0.15, -0.1) is 0 Å². The maximum Gasteiger partial charge on any atom is 0.381 e. The van der Waals surface area contributed by atoms with Crippen molar-refractivity contribution in [1.82, 2.24) is 10.6 Å². The van der Waals surface area contributed by atoms with E-state index in [1.807, 2.05) is 6.07 Å². The second kappa shape index (κ2) is 16.8. The van der Waals surface area contributed by atoms with Crippen LogP contribution in [0.2, 0.25) is 15.1 Å². The number of amides is 2. The molecule has 2 amide bonds. The summed E-state index contributed by atoms with van der Waals surface area (Å²) in [5.41, 5.74) is 2.26. The molecule has 3 rings (SSSR count). The molecule has 3 aromatic carbocycles. The van der Waals surface area contributed by atoms with Crippen molar-refractivity contribution >= 4 is 58.2 Å². The number of hydrogen-bond acceptors (Lipinski definition) is 4. The highest BCUT2D eigenvalue weighted by Gasteiger charge is 2.51. The Labute approximate surface area is 276 Å². The van der Waals surface area contributed by atoms with Gasteiger partial charge in [-0.3, -0.25) is 19.2 Å². The molecule has 0 aliphatic heterocycles. The van der Waals surface area contributed by atoms with E-state index in [0.29, 0.717) is 33.5 Å². The molecular weight excluding hydrogens is 645 g/mol. The standard InChI is InChI=1S/C34H35Cl3F2N2O4/c1-21(2)26(32(44)34(38,39)33(45)40-17-16-22-6-4-3-5-7-22)20-30(42)29(19-24-8-12-25(35)13-9-24)41-31(43)15-11-23-10-14-27(36)28(37)18-23/h3-10,12-14,18,21,26,29H,11,15-17,19-20H2,1-2H3,(H,40,45)(H,41,43)/t26-,29-/m0/s1. The predicted octanol–water partition coefficient (Wildman–Crippen LogP) is 7.10. The molecule has 3 aromatic rings. The van der Waals surface area contributed by atoms with Crippen LogP contribution in [0.25, 0.3) is 0 Å². The zero-order chi connectivity index (χ0) is 33.1. The zero-order valence-electron chi connectivity index (χ0n) is 24.9. The number of ketones is 2. The van der Waals surface area contributed by atoms with Crippen molar-refractivity contribution in [2.45, 2.75) is 57.9 Å². The first-order valence-electron chi connectivity index (χ1n) is 14.5. The molecule has 240 valence electrons. The minimum atomic E-state index is -4.35. The Balaban J connectivity index is 1.71. The zero-order valence-corrected chi connectivity index (χ0v) is 27.2. The fourth-order valence-electron chi connectivity index (χ4n) is 4.73. The lowest BCUT2D eigenvalue weighted by Gasteiger charge is -2.26. The number of benzene rings is 3. The molecule has 2 atom stereocenters. The van der Waals surface area contributed by atoms with E-state index in [-0.39, 0.29) is 19.4 Å². The monoisotopic (exact) mass is 678 g/mol. The Morgan fingerprint density at radius 3 is 2.07 bits per heavy atom. The summed E-state index contributed by atoms with van der Waals surface area (Å²) < 4.78 is 30.3. The second-order valence-electron chi connectivity index (χ2n) is 11.2. The third-order valence-corrected chi connectivity index (χ3v) is 8.39. The number of rotatable bonds is 16. The van der Waals surface area contributed by atoms with Gasteiger partial charge < -0.3 is 10.6 Å². The van der Waals surface area contributed by atoms with Crippen LogP contribution in [0.4, 0.5) is 8.78 Å². The minimum Gasteiger partial charge on any atom is -0.350 e. The summed E-state index contributed by atoms with van der Waals surface area (Å²) in [6, 6.07) is 19.5. The summed E-state index contributed by atoms with van der Waals surface area (Å²) in [6.07, 6.45) is 0.0814. The number of Topliss-reactive ketones (excluding diaryl/α,β-unsaturated/α-hetero) is 2. The highest BCUT2D eigenvalue weighted by Crippen LogP contribution is 2.28. The summed E-state index contributed by atoms with van der Waals surface area (Å²) in [6.45, 7) is 2.97. The number of nitrogens with one attached hydrogen (secondary N) is 2. The van der Waals surface area contributed by atoms with Crippen molar-refractivity contribution in [2.24, 2.45) is 11.8 Å². The molecule has 0 aliphatic rings. The van der Waals surface area contributed by atoms with Crippen LogP contribution in [0.3, 0.4) is 0 Å². The lowest BCUT2D eigenvalue weighted by molar-refractivity contribution is -0.162. The lowest BCUT2D eigenvalue weighted by atomic mass is 9.82. The van der Waals surface area contributed by atoms with Crippen molar-refractivity contribution < 1.29 is 28.0 Å². The molecular formula is C34H35Cl3F2N2O4. The van der Waals surface area contributed by atoms with Gasteiger partial charge in [-0.05, 0) is 66.1 Å². The van der Waals surface area contributed by atoms with Crippen LogP contribution in [0, 0.1) is 11.8 Å². The first kappa shape index (κ1) is 36.1. The molecule has 0 heterocycles. The van der Waals surface area contributed by atoms with Crippen LogP contribution in [0.15, 0.2) is 72.8 Å². The molecule has 0 aromatic heterocycles. The van der Waals surface area contributed by atoms with E-state index < -0.39 is 53.6 Å². The third kappa shape index (κ3) is 10.9. The third-order valence-electron chi connectivity index (χ3n) is 7.40. The average molecular weight is 680 g/mol. The number of halogens is 5. The van der Waals surface area contributed by atoms with E-state index in [2.05, 4.69) is 10.6 Å². The number of carbonyl (C=O) groups is 4. The minimum absolute atomic E-state index is 0.0100. The fourth-order valence-corrected chi connectivity index (χ4v) is 5.18. The molecule has 0 radical (unpaired) electrons. The van der Waals surface area contributed by atoms with Crippen LogP contribution >= 0.6 is 34.8 Å². The van der Waals surface area contributed by atoms with Crippen LogP contribution in [-0.4, -0.2) is 41.9 Å². The van der Waals surface area contributed by atoms with Gasteiger partial charge in [0.25, 0.3) is 5.91 Å². The van der Waals surface area contributed by atoms with Gasteiger partial charge >= 0.3 is 5.92 Å². The largest absolute Gasteiger partial charge is 0.381 e. The van der Waals surface area contributed by atoms with E-state index in [1.54, 1.807) is 66.7 Å². The van der Waals surface area contributed by atoms with Gasteiger partial charge in [0.15, 0.2) is 5.78 Å². The Hall–Kier alpha value is -3.33. The first-order valence-corrected chi connectivity index (χ1v) is 15.7. The smallest absolute Gasteiger partial charge is 0.350 e. The molecule has 6 nitrogen and oxygen atoms in total. The summed E-state index contributed by atoms with van der Waals surface area (Å²) in [5, 5.41) is 6.04. The second-order valence-corrected chi connectivity index (χ2v) is 12.4. The van der Waals surface area contributed by atoms with Crippen molar-refractivity contribution in [3.05, 3.63) is 105 Å². The number of carbonyl (C=O) groups excluding carboxylic acids is 4. The van der Waals surface area contributed by atoms with Crippen LogP contribution in [0.5, 0.6) is 0 Å². The quantitative estimate of drug-likeness (QED) is 0.158. The van der Waals surface area contributed by atoms with Crippen molar-refractivity contribution in [1.29, 1.82) is 0 Å². The summed E-state index contributed by atoms with van der Waals surface area (Å²) in [7, 11) is 0. The summed E-state index contributed by atoms with van der Waals surface area (Å²) in [4.78, 5) is 52.0. The van der Waals surface area contributed by atoms with Gasteiger partial charge in [-0.25, -0.2) is 0 Å². The van der Waals surface area contributed by atoms with Gasteiger partial charge in [0.05, 0.1) is 16.1 Å². The van der Waals surface area contributed by atoms with E-state index >= 15 is 8.78 Å². The molecule has 0 spiro atoms. The van der Waals surface area contributed by atoms with Crippen LogP contribution in [0.1, 0.15) is 43.4 Å². The Morgan fingerprint density at radius 1 is 0.800 bits per heavy atom. The Morgan fingerprint density at radius 2 is 1.44 bits per heavy atom. The van der Waals surface area contributed by atoms with Gasteiger partial charge in [-0.2, -0.15) is 8.78 Å². The molecule has 0 fully saturated rings. The number of alkyl halides is 2. The topological polar surface area (TPSA) is 92.3 Å². The highest BCUT2D eigenvalue weighted by molar-refractivity contribution is 6.42. The van der Waals surface area contributed by atoms with Gasteiger partial charge in [0.1, 0.15) is 0 Å². The Bertz CT molecular complexity index is 1480. The fraction of sp³-hybridized carbons (Fsp3) is 0.353. The molecule has 0 saturated heterocycles. The van der Waals surface area contributed by atoms with E-state index in [4.69, 9.17) is 34.8 Å². The first-order chi connectivity index (χ1) is 21.3. The maximum absolute atomic E-state index is 15.1. The van der Waals surface area contributed by atoms with Gasteiger partial charge in [0, 0.05) is 30.3 Å². The van der Waals surface area contributed by atoms with Crippen molar-refractivity contribution in [3.8, 4) is 0 Å². The molecule has 0 aliphatic carbocycles. The summed E-state index contributed by atoms with van der Waals surface area (Å²) in [5.74, 6) is -10.9. The average Bonchev–Trinajstić information content (AvgIpc) is 3.01. The number of aryl methyl sites for hydroxylation is 1. The molecule has 2 N–H and O–H groups in total. The van der Waals surface area contributed by atoms with Crippen LogP contribution in [-0.2, 0) is 38.4 Å². The molecule has 0 bridgehead atoms. The lowest BCUT2D eigenvalue weighted by Crippen LogP contribution is -2.51. The predicted molar refractivity (Wildman–Crippen MR) is 173 cm³/mol. The van der Waals surface area contributed by atoms with Crippen molar-refractivity contribution in [2.75, 3.05) is 6.54 Å². The molecule has 45 heavy (non-hydrogen) atoms. The van der Waals surface area contributed by atoms with Crippen molar-refractivity contribution in [3.63, 3.8) is 0 Å². The normalized spacial score (nSPS) is 12.8. The van der Waals surface area contributed by atoms with Gasteiger partial charge in [-0.1, -0.05) is 97.2 Å². The highest BCUT2D eigenvalue weighted by atomic mass is 35.5. The Kier molecular flexibility index (Phi) is 13.5. The van der Waals surface area contributed by atoms with E-state index in [1.165, 1.54) is 13.8 Å².